The van der Waals surface area contributed by atoms with Crippen LogP contribution in [0.1, 0.15) is 40.7 Å². The molecular weight excluding hydrogens is 343 g/mol. The molecule has 0 bridgehead atoms. The van der Waals surface area contributed by atoms with Crippen LogP contribution in [0.25, 0.3) is 0 Å². The third kappa shape index (κ3) is 4.89. The second kappa shape index (κ2) is 8.77. The van der Waals surface area contributed by atoms with Crippen molar-refractivity contribution in [1.82, 2.24) is 0 Å². The van der Waals surface area contributed by atoms with E-state index in [-0.39, 0.29) is 18.8 Å². The van der Waals surface area contributed by atoms with E-state index in [2.05, 4.69) is 0 Å². The zero-order chi connectivity index (χ0) is 18.4. The first-order valence-electron chi connectivity index (χ1n) is 8.10. The van der Waals surface area contributed by atoms with E-state index >= 15 is 0 Å². The maximum Gasteiger partial charge on any atom is 0.340 e. The summed E-state index contributed by atoms with van der Waals surface area (Å²) >= 11 is 5.90. The number of carbonyl (C=O) groups is 2. The fourth-order valence-corrected chi connectivity index (χ4v) is 2.79. The Hall–Kier alpha value is -2.20. The van der Waals surface area contributed by atoms with Gasteiger partial charge in [-0.1, -0.05) is 48.0 Å². The topological polar surface area (TPSA) is 43.4 Å². The number of esters is 1. The van der Waals surface area contributed by atoms with Gasteiger partial charge in [-0.15, -0.1) is 0 Å². The lowest BCUT2D eigenvalue weighted by Crippen LogP contribution is -2.25. The van der Waals surface area contributed by atoms with Crippen LogP contribution in [0.15, 0.2) is 48.5 Å². The molecule has 2 rings (SSSR count). The molecule has 0 amide bonds. The number of carbonyl (C=O) groups excluding carboxylic acids is 2. The van der Waals surface area contributed by atoms with Gasteiger partial charge in [0.1, 0.15) is 0 Å². The van der Waals surface area contributed by atoms with Gasteiger partial charge in [-0.25, -0.2) is 9.18 Å². The van der Waals surface area contributed by atoms with Gasteiger partial charge < -0.3 is 4.74 Å². The van der Waals surface area contributed by atoms with Gasteiger partial charge in [0.25, 0.3) is 0 Å². The Morgan fingerprint density at radius 2 is 1.76 bits per heavy atom. The predicted octanol–water partition coefficient (Wildman–Crippen LogP) is 4.91. The molecule has 0 radical (unpaired) electrons. The van der Waals surface area contributed by atoms with Crippen LogP contribution < -0.4 is 0 Å². The number of hydrogen-bond acceptors (Lipinski definition) is 3. The minimum absolute atomic E-state index is 0.0939. The summed E-state index contributed by atoms with van der Waals surface area (Å²) in [6.45, 7) is 3.53. The Kier molecular flexibility index (Phi) is 6.71. The van der Waals surface area contributed by atoms with Crippen molar-refractivity contribution in [3.63, 3.8) is 0 Å². The lowest BCUT2D eigenvalue weighted by molar-refractivity contribution is -0.149. The molecule has 1 unspecified atom stereocenters. The van der Waals surface area contributed by atoms with Crippen molar-refractivity contribution in [1.29, 1.82) is 0 Å². The zero-order valence-corrected chi connectivity index (χ0v) is 14.9. The van der Waals surface area contributed by atoms with Crippen LogP contribution in [0, 0.1) is 6.92 Å². The van der Waals surface area contributed by atoms with E-state index in [0.717, 1.165) is 5.56 Å². The number of ether oxygens (including phenoxy) is 1. The van der Waals surface area contributed by atoms with Crippen molar-refractivity contribution in [2.75, 3.05) is 6.61 Å². The van der Waals surface area contributed by atoms with Crippen molar-refractivity contribution in [3.05, 3.63) is 70.2 Å². The standard InChI is InChI=1S/C20H20ClFO3/c1-3-25-20(24)18(22)12-17(14-8-10-15(21)11-9-14)19(23)16-7-5-4-6-13(16)2/h4-11,17-18H,3,12H2,1-2H3/t17?,18-/m0/s1. The minimum atomic E-state index is -1.87. The second-order valence-corrected chi connectivity index (χ2v) is 6.18. The summed E-state index contributed by atoms with van der Waals surface area (Å²) in [5, 5.41) is 0.521. The van der Waals surface area contributed by atoms with Gasteiger partial charge in [0.2, 0.25) is 0 Å². The number of benzene rings is 2. The van der Waals surface area contributed by atoms with Crippen LogP contribution in [0.2, 0.25) is 5.02 Å². The summed E-state index contributed by atoms with van der Waals surface area (Å²) in [5.74, 6) is -1.97. The molecule has 0 aliphatic heterocycles. The molecule has 0 saturated carbocycles. The molecule has 2 atom stereocenters. The fourth-order valence-electron chi connectivity index (χ4n) is 2.66. The van der Waals surface area contributed by atoms with E-state index in [1.54, 1.807) is 43.3 Å². The molecule has 0 spiro atoms. The number of halogens is 2. The molecule has 132 valence electrons. The van der Waals surface area contributed by atoms with Crippen molar-refractivity contribution in [3.8, 4) is 0 Å². The summed E-state index contributed by atoms with van der Waals surface area (Å²) in [4.78, 5) is 24.7. The maximum absolute atomic E-state index is 14.3. The number of alkyl halides is 1. The van der Waals surface area contributed by atoms with Gasteiger partial charge in [-0.3, -0.25) is 4.79 Å². The summed E-state index contributed by atoms with van der Waals surface area (Å²) < 4.78 is 19.0. The fraction of sp³-hybridized carbons (Fsp3) is 0.300. The van der Waals surface area contributed by atoms with E-state index in [1.807, 2.05) is 19.1 Å². The predicted molar refractivity (Wildman–Crippen MR) is 95.8 cm³/mol. The van der Waals surface area contributed by atoms with Crippen molar-refractivity contribution in [2.45, 2.75) is 32.4 Å². The zero-order valence-electron chi connectivity index (χ0n) is 14.2. The Bertz CT molecular complexity index is 743. The minimum Gasteiger partial charge on any atom is -0.464 e. The molecule has 0 fully saturated rings. The van der Waals surface area contributed by atoms with Crippen LogP contribution in [-0.4, -0.2) is 24.5 Å². The molecule has 2 aromatic rings. The quantitative estimate of drug-likeness (QED) is 0.519. The number of aryl methyl sites for hydroxylation is 1. The van der Waals surface area contributed by atoms with Crippen LogP contribution >= 0.6 is 11.6 Å². The molecule has 0 saturated heterocycles. The molecule has 0 N–H and O–H groups in total. The summed E-state index contributed by atoms with van der Waals surface area (Å²) in [5.41, 5.74) is 1.93. The third-order valence-corrected chi connectivity index (χ3v) is 4.24. The van der Waals surface area contributed by atoms with Gasteiger partial charge in [-0.2, -0.15) is 0 Å². The molecule has 3 nitrogen and oxygen atoms in total. The van der Waals surface area contributed by atoms with Gasteiger partial charge in [0.05, 0.1) is 12.5 Å². The average Bonchev–Trinajstić information content (AvgIpc) is 2.60. The SMILES string of the molecule is CCOC(=O)[C@@H](F)CC(C(=O)c1ccccc1C)c1ccc(Cl)cc1. The second-order valence-electron chi connectivity index (χ2n) is 5.74. The van der Waals surface area contributed by atoms with Crippen molar-refractivity contribution >= 4 is 23.4 Å². The van der Waals surface area contributed by atoms with Crippen LogP contribution in [0.3, 0.4) is 0 Å². The van der Waals surface area contributed by atoms with E-state index in [4.69, 9.17) is 16.3 Å². The first-order chi connectivity index (χ1) is 11.9. The Morgan fingerprint density at radius 3 is 2.36 bits per heavy atom. The number of ketones is 1. The highest BCUT2D eigenvalue weighted by Gasteiger charge is 2.30. The lowest BCUT2D eigenvalue weighted by atomic mass is 9.85. The number of rotatable bonds is 7. The van der Waals surface area contributed by atoms with Crippen molar-refractivity contribution in [2.24, 2.45) is 0 Å². The van der Waals surface area contributed by atoms with Gasteiger partial charge in [0, 0.05) is 17.0 Å². The van der Waals surface area contributed by atoms with Gasteiger partial charge in [0.15, 0.2) is 12.0 Å². The van der Waals surface area contributed by atoms with Crippen LogP contribution in [0.4, 0.5) is 4.39 Å². The largest absolute Gasteiger partial charge is 0.464 e. The van der Waals surface area contributed by atoms with Crippen molar-refractivity contribution < 1.29 is 18.7 Å². The Balaban J connectivity index is 2.35. The first-order valence-corrected chi connectivity index (χ1v) is 8.47. The monoisotopic (exact) mass is 362 g/mol. The van der Waals surface area contributed by atoms with E-state index in [1.165, 1.54) is 0 Å². The molecule has 25 heavy (non-hydrogen) atoms. The lowest BCUT2D eigenvalue weighted by Gasteiger charge is -2.19. The third-order valence-electron chi connectivity index (χ3n) is 3.98. The maximum atomic E-state index is 14.3. The normalized spacial score (nSPS) is 13.1. The highest BCUT2D eigenvalue weighted by Crippen LogP contribution is 2.29. The molecule has 0 aromatic heterocycles. The van der Waals surface area contributed by atoms with Gasteiger partial charge >= 0.3 is 5.97 Å². The van der Waals surface area contributed by atoms with E-state index in [0.29, 0.717) is 16.1 Å². The molecule has 0 aliphatic rings. The Labute approximate surface area is 151 Å². The van der Waals surface area contributed by atoms with Crippen LogP contribution in [-0.2, 0) is 9.53 Å². The molecule has 0 heterocycles. The molecule has 2 aromatic carbocycles. The summed E-state index contributed by atoms with van der Waals surface area (Å²) in [7, 11) is 0. The van der Waals surface area contributed by atoms with E-state index < -0.39 is 18.1 Å². The highest BCUT2D eigenvalue weighted by atomic mass is 35.5. The highest BCUT2D eigenvalue weighted by molar-refractivity contribution is 6.30. The average molecular weight is 363 g/mol. The smallest absolute Gasteiger partial charge is 0.340 e. The van der Waals surface area contributed by atoms with E-state index in [9.17, 15) is 14.0 Å². The van der Waals surface area contributed by atoms with Crippen LogP contribution in [0.5, 0.6) is 0 Å². The number of Topliss-reactive ketones (excluding diaryl/α,β-unsaturated/α-hetero) is 1. The summed E-state index contributed by atoms with van der Waals surface area (Å²) in [6, 6.07) is 13.8. The summed E-state index contributed by atoms with van der Waals surface area (Å²) in [6.07, 6.45) is -2.14. The molecular formula is C20H20ClFO3. The first kappa shape index (κ1) is 19.1. The molecule has 5 heteroatoms. The van der Waals surface area contributed by atoms with Gasteiger partial charge in [-0.05, 0) is 37.1 Å². The Morgan fingerprint density at radius 1 is 1.12 bits per heavy atom. The number of hydrogen-bond donors (Lipinski definition) is 0. The molecule has 0 aliphatic carbocycles.